The molecule has 0 spiro atoms. The van der Waals surface area contributed by atoms with E-state index in [0.29, 0.717) is 17.5 Å². The predicted octanol–water partition coefficient (Wildman–Crippen LogP) is 2.37. The molecule has 1 aromatic carbocycles. The van der Waals surface area contributed by atoms with Gasteiger partial charge in [-0.3, -0.25) is 19.9 Å². The Kier molecular flexibility index (Phi) is 5.24. The van der Waals surface area contributed by atoms with E-state index in [0.717, 1.165) is 31.6 Å². The zero-order valence-electron chi connectivity index (χ0n) is 16.6. The second-order valence-corrected chi connectivity index (χ2v) is 8.54. The van der Waals surface area contributed by atoms with Crippen LogP contribution in [0.25, 0.3) is 0 Å². The highest BCUT2D eigenvalue weighted by Crippen LogP contribution is 2.35. The Bertz CT molecular complexity index is 775. The van der Waals surface area contributed by atoms with Gasteiger partial charge >= 0.3 is 6.03 Å². The number of nitrogens with one attached hydrogen (secondary N) is 1. The average Bonchev–Trinajstić information content (AvgIpc) is 3.05. The highest BCUT2D eigenvalue weighted by molar-refractivity contribution is 6.30. The summed E-state index contributed by atoms with van der Waals surface area (Å²) < 4.78 is 0. The molecule has 8 heteroatoms. The van der Waals surface area contributed by atoms with E-state index < -0.39 is 0 Å². The minimum absolute atomic E-state index is 0.0864. The number of imide groups is 1. The van der Waals surface area contributed by atoms with Crippen molar-refractivity contribution in [2.45, 2.75) is 45.2 Å². The zero-order chi connectivity index (χ0) is 20.0. The Morgan fingerprint density at radius 3 is 2.75 bits per heavy atom. The molecule has 3 saturated heterocycles. The van der Waals surface area contributed by atoms with Crippen molar-refractivity contribution in [3.63, 3.8) is 0 Å². The molecule has 152 valence electrons. The molecule has 3 amide bonds. The van der Waals surface area contributed by atoms with Crippen molar-refractivity contribution in [2.75, 3.05) is 31.6 Å². The topological polar surface area (TPSA) is 59.1 Å². The fourth-order valence-electron chi connectivity index (χ4n) is 4.60. The number of carbonyl (C=O) groups is 2. The first-order valence-corrected chi connectivity index (χ1v) is 10.4. The maximum absolute atomic E-state index is 13.3. The number of hydrogen-bond donors (Lipinski definition) is 1. The molecule has 4 atom stereocenters. The lowest BCUT2D eigenvalue weighted by atomic mass is 10.0. The number of urea groups is 1. The summed E-state index contributed by atoms with van der Waals surface area (Å²) in [5.74, 6) is 0.298. The van der Waals surface area contributed by atoms with Crippen LogP contribution in [0.5, 0.6) is 0 Å². The van der Waals surface area contributed by atoms with Crippen LogP contribution in [0.4, 0.5) is 10.5 Å². The maximum Gasteiger partial charge on any atom is 0.327 e. The highest BCUT2D eigenvalue weighted by Gasteiger charge is 2.56. The van der Waals surface area contributed by atoms with Crippen LogP contribution in [0.15, 0.2) is 24.3 Å². The van der Waals surface area contributed by atoms with Gasteiger partial charge in [-0.2, -0.15) is 0 Å². The number of nitrogens with zero attached hydrogens (tertiary/aromatic N) is 4. The fraction of sp³-hybridized carbons (Fsp3) is 0.600. The van der Waals surface area contributed by atoms with E-state index in [4.69, 9.17) is 11.6 Å². The van der Waals surface area contributed by atoms with Gasteiger partial charge in [-0.1, -0.05) is 37.9 Å². The molecule has 3 aliphatic rings. The molecule has 3 fully saturated rings. The molecule has 0 aliphatic carbocycles. The summed E-state index contributed by atoms with van der Waals surface area (Å²) in [6, 6.07) is 7.21. The standard InChI is InChI=1S/C20H28ClN5O2/c1-4-5-9-24-18(27)16-17(23(3)20(24)28)22-19-25(11-13(2)12-26(16)19)15-8-6-7-14(21)10-15/h6-8,10,13,16-17,19,22H,4-5,9,11-12H2,1-3H3. The SMILES string of the molecule is CCCCN1C(=O)C2C(NC3N(c4cccc(Cl)c4)CC(C)CN23)N(C)C1=O. The van der Waals surface area contributed by atoms with Crippen molar-refractivity contribution in [1.29, 1.82) is 0 Å². The third kappa shape index (κ3) is 3.15. The molecule has 1 aromatic rings. The van der Waals surface area contributed by atoms with E-state index in [2.05, 4.69) is 29.0 Å². The Hall–Kier alpha value is -1.83. The molecule has 1 N–H and O–H groups in total. The average molecular weight is 406 g/mol. The molecule has 4 rings (SSSR count). The minimum atomic E-state index is -0.367. The van der Waals surface area contributed by atoms with Gasteiger partial charge in [-0.05, 0) is 30.5 Å². The number of anilines is 1. The third-order valence-electron chi connectivity index (χ3n) is 5.96. The van der Waals surface area contributed by atoms with Crippen LogP contribution in [0.2, 0.25) is 5.02 Å². The highest BCUT2D eigenvalue weighted by atomic mass is 35.5. The lowest BCUT2D eigenvalue weighted by Crippen LogP contribution is -2.66. The smallest absolute Gasteiger partial charge is 0.327 e. The molecule has 7 nitrogen and oxygen atoms in total. The largest absolute Gasteiger partial charge is 0.343 e. The van der Waals surface area contributed by atoms with E-state index in [9.17, 15) is 9.59 Å². The first-order valence-electron chi connectivity index (χ1n) is 10.0. The molecule has 0 saturated carbocycles. The molecular formula is C20H28ClN5O2. The van der Waals surface area contributed by atoms with Gasteiger partial charge in [0, 0.05) is 37.4 Å². The number of amides is 3. The quantitative estimate of drug-likeness (QED) is 0.833. The molecule has 0 bridgehead atoms. The van der Waals surface area contributed by atoms with Crippen molar-refractivity contribution < 1.29 is 9.59 Å². The molecule has 3 aliphatic heterocycles. The Labute approximate surface area is 171 Å². The van der Waals surface area contributed by atoms with Crippen molar-refractivity contribution in [1.82, 2.24) is 20.0 Å². The monoisotopic (exact) mass is 405 g/mol. The third-order valence-corrected chi connectivity index (χ3v) is 6.20. The lowest BCUT2D eigenvalue weighted by molar-refractivity contribution is -0.138. The summed E-state index contributed by atoms with van der Waals surface area (Å²) in [6.07, 6.45) is 1.30. The number of hydrogen-bond acceptors (Lipinski definition) is 5. The van der Waals surface area contributed by atoms with Crippen LogP contribution in [-0.4, -0.2) is 71.8 Å². The molecule has 28 heavy (non-hydrogen) atoms. The van der Waals surface area contributed by atoms with E-state index in [-0.39, 0.29) is 30.4 Å². The van der Waals surface area contributed by atoms with Crippen LogP contribution >= 0.6 is 11.6 Å². The second kappa shape index (κ2) is 7.54. The van der Waals surface area contributed by atoms with Crippen molar-refractivity contribution in [3.8, 4) is 0 Å². The maximum atomic E-state index is 13.3. The normalized spacial score (nSPS) is 30.6. The summed E-state index contributed by atoms with van der Waals surface area (Å²) in [5, 5.41) is 4.22. The van der Waals surface area contributed by atoms with E-state index in [1.54, 1.807) is 11.9 Å². The van der Waals surface area contributed by atoms with Gasteiger partial charge in [0.2, 0.25) is 0 Å². The molecule has 0 radical (unpaired) electrons. The van der Waals surface area contributed by atoms with Gasteiger partial charge < -0.3 is 9.80 Å². The number of likely N-dealkylation sites (N-methyl/N-ethyl adjacent to an activating group) is 1. The van der Waals surface area contributed by atoms with Crippen molar-refractivity contribution in [2.24, 2.45) is 5.92 Å². The number of benzene rings is 1. The number of halogens is 1. The van der Waals surface area contributed by atoms with E-state index >= 15 is 0 Å². The lowest BCUT2D eigenvalue weighted by Gasteiger charge is -2.46. The van der Waals surface area contributed by atoms with Gasteiger partial charge in [0.25, 0.3) is 5.91 Å². The summed E-state index contributed by atoms with van der Waals surface area (Å²) in [7, 11) is 1.78. The summed E-state index contributed by atoms with van der Waals surface area (Å²) in [4.78, 5) is 33.6. The van der Waals surface area contributed by atoms with Crippen LogP contribution in [0.1, 0.15) is 26.7 Å². The number of fused-ring (bicyclic) bond motifs is 3. The van der Waals surface area contributed by atoms with Crippen LogP contribution in [-0.2, 0) is 4.79 Å². The molecule has 0 aromatic heterocycles. The van der Waals surface area contributed by atoms with Crippen molar-refractivity contribution >= 4 is 29.2 Å². The number of carbonyl (C=O) groups excluding carboxylic acids is 2. The Morgan fingerprint density at radius 2 is 2.04 bits per heavy atom. The van der Waals surface area contributed by atoms with Gasteiger partial charge in [-0.25, -0.2) is 4.79 Å². The van der Waals surface area contributed by atoms with Crippen molar-refractivity contribution in [3.05, 3.63) is 29.3 Å². The summed E-state index contributed by atoms with van der Waals surface area (Å²) >= 11 is 6.22. The van der Waals surface area contributed by atoms with Gasteiger partial charge in [0.1, 0.15) is 18.5 Å². The van der Waals surface area contributed by atoms with Gasteiger partial charge in [0.05, 0.1) is 0 Å². The number of unbranched alkanes of at least 4 members (excludes halogenated alkanes) is 1. The first kappa shape index (κ1) is 19.5. The minimum Gasteiger partial charge on any atom is -0.343 e. The Morgan fingerprint density at radius 1 is 1.25 bits per heavy atom. The first-order chi connectivity index (χ1) is 13.4. The van der Waals surface area contributed by atoms with Crippen LogP contribution in [0, 0.1) is 5.92 Å². The summed E-state index contributed by atoms with van der Waals surface area (Å²) in [5.41, 5.74) is 1.02. The van der Waals surface area contributed by atoms with E-state index in [1.807, 2.05) is 24.3 Å². The predicted molar refractivity (Wildman–Crippen MR) is 109 cm³/mol. The number of rotatable bonds is 4. The second-order valence-electron chi connectivity index (χ2n) is 8.10. The van der Waals surface area contributed by atoms with Crippen LogP contribution < -0.4 is 10.2 Å². The summed E-state index contributed by atoms with van der Waals surface area (Å²) in [6.45, 7) is 6.41. The zero-order valence-corrected chi connectivity index (χ0v) is 17.4. The molecule has 4 unspecified atom stereocenters. The molecular weight excluding hydrogens is 378 g/mol. The Balaban J connectivity index is 1.66. The van der Waals surface area contributed by atoms with Gasteiger partial charge in [-0.15, -0.1) is 0 Å². The van der Waals surface area contributed by atoms with E-state index in [1.165, 1.54) is 4.90 Å². The fourth-order valence-corrected chi connectivity index (χ4v) is 4.78. The van der Waals surface area contributed by atoms with Crippen LogP contribution in [0.3, 0.4) is 0 Å². The van der Waals surface area contributed by atoms with Gasteiger partial charge in [0.15, 0.2) is 0 Å². The molecule has 3 heterocycles.